The summed E-state index contributed by atoms with van der Waals surface area (Å²) in [6.45, 7) is 0. The van der Waals surface area contributed by atoms with Crippen LogP contribution in [-0.4, -0.2) is 0 Å². The molecule has 0 bridgehead atoms. The van der Waals surface area contributed by atoms with Crippen LogP contribution in [0.15, 0.2) is 46.9 Å². The Morgan fingerprint density at radius 2 is 1.90 bits per heavy atom. The van der Waals surface area contributed by atoms with Crippen LogP contribution in [0.3, 0.4) is 0 Å². The summed E-state index contributed by atoms with van der Waals surface area (Å²) in [4.78, 5) is 0. The summed E-state index contributed by atoms with van der Waals surface area (Å²) in [5, 5.41) is 0.726. The first-order valence-corrected chi connectivity index (χ1v) is 8.37. The molecular formula is C17H18BrClN2. The van der Waals surface area contributed by atoms with E-state index >= 15 is 0 Å². The molecule has 1 saturated carbocycles. The number of nitrogens with two attached hydrogens (primary N) is 1. The van der Waals surface area contributed by atoms with E-state index in [0.29, 0.717) is 5.92 Å². The van der Waals surface area contributed by atoms with Crippen molar-refractivity contribution in [2.75, 3.05) is 0 Å². The van der Waals surface area contributed by atoms with Crippen LogP contribution < -0.4 is 11.3 Å². The van der Waals surface area contributed by atoms with Gasteiger partial charge < -0.3 is 0 Å². The topological polar surface area (TPSA) is 38.0 Å². The van der Waals surface area contributed by atoms with Crippen LogP contribution in [0.2, 0.25) is 5.02 Å². The van der Waals surface area contributed by atoms with E-state index in [1.54, 1.807) is 0 Å². The van der Waals surface area contributed by atoms with E-state index in [2.05, 4.69) is 45.6 Å². The van der Waals surface area contributed by atoms with Crippen molar-refractivity contribution < 1.29 is 0 Å². The minimum absolute atomic E-state index is 0.0909. The van der Waals surface area contributed by atoms with E-state index in [9.17, 15) is 0 Å². The molecular weight excluding hydrogens is 348 g/mol. The van der Waals surface area contributed by atoms with Crippen molar-refractivity contribution in [3.05, 3.63) is 68.7 Å². The fourth-order valence-electron chi connectivity index (χ4n) is 2.95. The molecule has 1 aliphatic carbocycles. The molecule has 2 aromatic carbocycles. The summed E-state index contributed by atoms with van der Waals surface area (Å²) in [5.74, 6) is 6.52. The number of hydrogen-bond donors (Lipinski definition) is 2. The second-order valence-electron chi connectivity index (χ2n) is 5.52. The molecule has 0 radical (unpaired) electrons. The van der Waals surface area contributed by atoms with Gasteiger partial charge in [0.15, 0.2) is 0 Å². The van der Waals surface area contributed by atoms with Crippen molar-refractivity contribution in [1.82, 2.24) is 5.43 Å². The molecule has 3 rings (SSSR count). The summed E-state index contributed by atoms with van der Waals surface area (Å²) in [6, 6.07) is 14.3. The zero-order valence-corrected chi connectivity index (χ0v) is 14.0. The van der Waals surface area contributed by atoms with Gasteiger partial charge in [-0.25, -0.2) is 5.43 Å². The molecule has 1 aliphatic rings. The lowest BCUT2D eigenvalue weighted by molar-refractivity contribution is 0.414. The minimum atomic E-state index is -0.0909. The lowest BCUT2D eigenvalue weighted by Crippen LogP contribution is -2.30. The van der Waals surface area contributed by atoms with Crippen LogP contribution in [-0.2, 0) is 0 Å². The van der Waals surface area contributed by atoms with E-state index < -0.39 is 0 Å². The first-order valence-electron chi connectivity index (χ1n) is 7.20. The highest BCUT2D eigenvalue weighted by Crippen LogP contribution is 2.41. The smallest absolute Gasteiger partial charge is 0.0727 e. The van der Waals surface area contributed by atoms with Gasteiger partial charge in [-0.1, -0.05) is 58.2 Å². The second kappa shape index (κ2) is 6.49. The average molecular weight is 366 g/mol. The monoisotopic (exact) mass is 364 g/mol. The zero-order valence-electron chi connectivity index (χ0n) is 11.7. The van der Waals surface area contributed by atoms with Crippen molar-refractivity contribution in [1.29, 1.82) is 0 Å². The van der Waals surface area contributed by atoms with Crippen LogP contribution in [0, 0.1) is 0 Å². The van der Waals surface area contributed by atoms with E-state index in [1.165, 1.54) is 30.4 Å². The van der Waals surface area contributed by atoms with Gasteiger partial charge in [-0.3, -0.25) is 5.84 Å². The van der Waals surface area contributed by atoms with Gasteiger partial charge in [-0.2, -0.15) is 0 Å². The number of halogens is 2. The van der Waals surface area contributed by atoms with Gasteiger partial charge in [0, 0.05) is 9.50 Å². The SMILES string of the molecule is NNC(c1cc(Br)ccc1Cl)c1ccccc1C1CCC1. The van der Waals surface area contributed by atoms with E-state index in [1.807, 2.05) is 18.2 Å². The largest absolute Gasteiger partial charge is 0.271 e. The molecule has 0 spiro atoms. The van der Waals surface area contributed by atoms with Crippen LogP contribution in [0.25, 0.3) is 0 Å². The Kier molecular flexibility index (Phi) is 4.65. The highest BCUT2D eigenvalue weighted by molar-refractivity contribution is 9.10. The predicted molar refractivity (Wildman–Crippen MR) is 91.4 cm³/mol. The summed E-state index contributed by atoms with van der Waals surface area (Å²) in [5.41, 5.74) is 6.56. The van der Waals surface area contributed by atoms with Gasteiger partial charge in [0.25, 0.3) is 0 Å². The normalized spacial score (nSPS) is 16.5. The van der Waals surface area contributed by atoms with Crippen LogP contribution in [0.4, 0.5) is 0 Å². The van der Waals surface area contributed by atoms with Crippen LogP contribution in [0.5, 0.6) is 0 Å². The molecule has 3 N–H and O–H groups in total. The average Bonchev–Trinajstić information content (AvgIpc) is 2.43. The lowest BCUT2D eigenvalue weighted by atomic mass is 9.76. The molecule has 1 unspecified atom stereocenters. The number of nitrogens with one attached hydrogen (secondary N) is 1. The Hall–Kier alpha value is -0.870. The molecule has 4 heteroatoms. The van der Waals surface area contributed by atoms with E-state index in [4.69, 9.17) is 17.4 Å². The van der Waals surface area contributed by atoms with Gasteiger partial charge in [-0.05, 0) is 53.6 Å². The summed E-state index contributed by atoms with van der Waals surface area (Å²) in [7, 11) is 0. The second-order valence-corrected chi connectivity index (χ2v) is 6.85. The molecule has 0 aromatic heterocycles. The van der Waals surface area contributed by atoms with Crippen molar-refractivity contribution >= 4 is 27.5 Å². The number of hydrogen-bond acceptors (Lipinski definition) is 2. The van der Waals surface area contributed by atoms with Crippen molar-refractivity contribution in [2.45, 2.75) is 31.2 Å². The molecule has 2 aromatic rings. The quantitative estimate of drug-likeness (QED) is 0.596. The van der Waals surface area contributed by atoms with Gasteiger partial charge in [-0.15, -0.1) is 0 Å². The third-order valence-electron chi connectivity index (χ3n) is 4.29. The van der Waals surface area contributed by atoms with Crippen molar-refractivity contribution in [3.63, 3.8) is 0 Å². The molecule has 21 heavy (non-hydrogen) atoms. The maximum absolute atomic E-state index is 6.38. The Morgan fingerprint density at radius 3 is 2.57 bits per heavy atom. The maximum Gasteiger partial charge on any atom is 0.0727 e. The summed E-state index contributed by atoms with van der Waals surface area (Å²) in [6.07, 6.45) is 3.85. The van der Waals surface area contributed by atoms with Gasteiger partial charge in [0.1, 0.15) is 0 Å². The van der Waals surface area contributed by atoms with Gasteiger partial charge in [0.05, 0.1) is 6.04 Å². The summed E-state index contributed by atoms with van der Waals surface area (Å²) < 4.78 is 1.00. The molecule has 0 saturated heterocycles. The predicted octanol–water partition coefficient (Wildman–Crippen LogP) is 4.92. The highest BCUT2D eigenvalue weighted by atomic mass is 79.9. The fourth-order valence-corrected chi connectivity index (χ4v) is 3.55. The Morgan fingerprint density at radius 1 is 1.14 bits per heavy atom. The Labute approximate surface area is 138 Å². The molecule has 1 atom stereocenters. The maximum atomic E-state index is 6.38. The van der Waals surface area contributed by atoms with Crippen LogP contribution in [0.1, 0.15) is 47.9 Å². The van der Waals surface area contributed by atoms with Crippen LogP contribution >= 0.6 is 27.5 Å². The lowest BCUT2D eigenvalue weighted by Gasteiger charge is -2.30. The zero-order chi connectivity index (χ0) is 14.8. The third-order valence-corrected chi connectivity index (χ3v) is 5.13. The minimum Gasteiger partial charge on any atom is -0.271 e. The summed E-state index contributed by atoms with van der Waals surface area (Å²) >= 11 is 9.89. The van der Waals surface area contributed by atoms with Crippen molar-refractivity contribution in [2.24, 2.45) is 5.84 Å². The van der Waals surface area contributed by atoms with Gasteiger partial charge >= 0.3 is 0 Å². The first-order chi connectivity index (χ1) is 10.2. The van der Waals surface area contributed by atoms with Crippen molar-refractivity contribution in [3.8, 4) is 0 Å². The molecule has 0 aliphatic heterocycles. The number of hydrazine groups is 1. The fraction of sp³-hybridized carbons (Fsp3) is 0.294. The van der Waals surface area contributed by atoms with E-state index in [-0.39, 0.29) is 6.04 Å². The number of rotatable bonds is 4. The first kappa shape index (κ1) is 15.0. The Balaban J connectivity index is 2.06. The standard InChI is InChI=1S/C17H18BrClN2/c18-12-8-9-16(19)15(10-12)17(21-20)14-7-2-1-6-13(14)11-4-3-5-11/h1-2,6-11,17,21H,3-5,20H2. The molecule has 2 nitrogen and oxygen atoms in total. The van der Waals surface area contributed by atoms with E-state index in [0.717, 1.165) is 15.1 Å². The molecule has 0 heterocycles. The third kappa shape index (κ3) is 3.02. The highest BCUT2D eigenvalue weighted by Gasteiger charge is 2.26. The molecule has 110 valence electrons. The molecule has 1 fully saturated rings. The number of benzene rings is 2. The molecule has 0 amide bonds. The van der Waals surface area contributed by atoms with Gasteiger partial charge in [0.2, 0.25) is 0 Å². The Bertz CT molecular complexity index is 640.